The minimum Gasteiger partial charge on any atom is -0.384 e. The van der Waals surface area contributed by atoms with Crippen molar-refractivity contribution < 1.29 is 9.53 Å². The number of likely N-dealkylation sites (tertiary alicyclic amines) is 1. The predicted octanol–water partition coefficient (Wildman–Crippen LogP) is 1.90. The summed E-state index contributed by atoms with van der Waals surface area (Å²) in [4.78, 5) is 15.3. The molecule has 0 spiro atoms. The zero-order valence-corrected chi connectivity index (χ0v) is 13.4. The van der Waals surface area contributed by atoms with Gasteiger partial charge in [-0.25, -0.2) is 0 Å². The molecule has 4 nitrogen and oxygen atoms in total. The van der Waals surface area contributed by atoms with Gasteiger partial charge >= 0.3 is 0 Å². The summed E-state index contributed by atoms with van der Waals surface area (Å²) in [6.45, 7) is 10.0. The van der Waals surface area contributed by atoms with Crippen molar-refractivity contribution in [1.82, 2.24) is 10.2 Å². The van der Waals surface area contributed by atoms with Crippen LogP contribution < -0.4 is 5.32 Å². The topological polar surface area (TPSA) is 41.6 Å². The molecule has 2 fully saturated rings. The van der Waals surface area contributed by atoms with Crippen LogP contribution in [0.1, 0.15) is 40.0 Å². The summed E-state index contributed by atoms with van der Waals surface area (Å²) in [5, 5.41) is 3.36. The van der Waals surface area contributed by atoms with Gasteiger partial charge in [-0.15, -0.1) is 0 Å². The van der Waals surface area contributed by atoms with Gasteiger partial charge in [-0.3, -0.25) is 4.79 Å². The van der Waals surface area contributed by atoms with E-state index in [-0.39, 0.29) is 5.41 Å². The number of amides is 1. The molecule has 0 bridgehead atoms. The van der Waals surface area contributed by atoms with Gasteiger partial charge in [-0.05, 0) is 51.1 Å². The van der Waals surface area contributed by atoms with Crippen LogP contribution >= 0.6 is 0 Å². The number of hydrogen-bond acceptors (Lipinski definition) is 3. The highest BCUT2D eigenvalue weighted by Crippen LogP contribution is 2.36. The molecule has 3 unspecified atom stereocenters. The SMILES string of the molecule is COCC1(C(=O)N2CC(C)CC(C)C2C)CCNCC1. The molecule has 116 valence electrons. The molecule has 0 saturated carbocycles. The molecule has 0 aromatic heterocycles. The third kappa shape index (κ3) is 3.01. The van der Waals surface area contributed by atoms with Crippen LogP contribution in [0.25, 0.3) is 0 Å². The van der Waals surface area contributed by atoms with Gasteiger partial charge in [0.2, 0.25) is 5.91 Å². The maximum atomic E-state index is 13.2. The lowest BCUT2D eigenvalue weighted by atomic mass is 9.76. The Balaban J connectivity index is 2.17. The number of nitrogens with zero attached hydrogens (tertiary/aromatic N) is 1. The van der Waals surface area contributed by atoms with E-state index in [4.69, 9.17) is 4.74 Å². The van der Waals surface area contributed by atoms with Gasteiger partial charge in [0.05, 0.1) is 12.0 Å². The summed E-state index contributed by atoms with van der Waals surface area (Å²) in [7, 11) is 1.71. The number of carbonyl (C=O) groups excluding carboxylic acids is 1. The Morgan fingerprint density at radius 3 is 2.55 bits per heavy atom. The normalized spacial score (nSPS) is 34.0. The Labute approximate surface area is 123 Å². The van der Waals surface area contributed by atoms with E-state index >= 15 is 0 Å². The van der Waals surface area contributed by atoms with E-state index in [0.717, 1.165) is 32.5 Å². The van der Waals surface area contributed by atoms with Gasteiger partial charge < -0.3 is 15.0 Å². The molecule has 1 amide bonds. The highest BCUT2D eigenvalue weighted by atomic mass is 16.5. The van der Waals surface area contributed by atoms with Crippen LogP contribution in [-0.4, -0.2) is 50.2 Å². The molecular formula is C16H30N2O2. The number of nitrogens with one attached hydrogen (secondary N) is 1. The number of hydrogen-bond donors (Lipinski definition) is 1. The Hall–Kier alpha value is -0.610. The molecule has 3 atom stereocenters. The molecule has 0 aliphatic carbocycles. The molecule has 1 N–H and O–H groups in total. The molecule has 20 heavy (non-hydrogen) atoms. The molecule has 2 rings (SSSR count). The number of rotatable bonds is 3. The fourth-order valence-electron chi connectivity index (χ4n) is 3.89. The number of carbonyl (C=O) groups is 1. The van der Waals surface area contributed by atoms with Crippen molar-refractivity contribution in [2.75, 3.05) is 33.4 Å². The van der Waals surface area contributed by atoms with E-state index in [2.05, 4.69) is 31.0 Å². The highest BCUT2D eigenvalue weighted by Gasteiger charge is 2.45. The smallest absolute Gasteiger partial charge is 0.231 e. The second-order valence-corrected chi connectivity index (χ2v) is 6.98. The maximum absolute atomic E-state index is 13.2. The van der Waals surface area contributed by atoms with Gasteiger partial charge in [0.25, 0.3) is 0 Å². The average molecular weight is 282 g/mol. The first-order valence-corrected chi connectivity index (χ1v) is 8.01. The van der Waals surface area contributed by atoms with Gasteiger partial charge in [0, 0.05) is 19.7 Å². The van der Waals surface area contributed by atoms with Crippen LogP contribution in [-0.2, 0) is 9.53 Å². The molecule has 0 aromatic carbocycles. The van der Waals surface area contributed by atoms with E-state index in [0.29, 0.717) is 30.4 Å². The van der Waals surface area contributed by atoms with Crippen molar-refractivity contribution in [2.24, 2.45) is 17.3 Å². The highest BCUT2D eigenvalue weighted by molar-refractivity contribution is 5.83. The number of piperidine rings is 2. The zero-order chi connectivity index (χ0) is 14.8. The van der Waals surface area contributed by atoms with E-state index in [1.54, 1.807) is 7.11 Å². The lowest BCUT2D eigenvalue weighted by Crippen LogP contribution is -2.57. The van der Waals surface area contributed by atoms with Crippen molar-refractivity contribution in [3.8, 4) is 0 Å². The Bertz CT molecular complexity index is 334. The average Bonchev–Trinajstić information content (AvgIpc) is 2.43. The molecule has 0 radical (unpaired) electrons. The van der Waals surface area contributed by atoms with Crippen LogP contribution in [0.3, 0.4) is 0 Å². The van der Waals surface area contributed by atoms with E-state index in [9.17, 15) is 4.79 Å². The first-order valence-electron chi connectivity index (χ1n) is 8.01. The number of ether oxygens (including phenoxy) is 1. The summed E-state index contributed by atoms with van der Waals surface area (Å²) in [6, 6.07) is 0.349. The predicted molar refractivity (Wildman–Crippen MR) is 80.5 cm³/mol. The molecule has 0 aromatic rings. The first kappa shape index (κ1) is 15.8. The van der Waals surface area contributed by atoms with Crippen LogP contribution in [0, 0.1) is 17.3 Å². The first-order chi connectivity index (χ1) is 9.50. The molecule has 2 heterocycles. The number of methoxy groups -OCH3 is 1. The summed E-state index contributed by atoms with van der Waals surface area (Å²) >= 11 is 0. The van der Waals surface area contributed by atoms with Crippen LogP contribution in [0.5, 0.6) is 0 Å². The standard InChI is InChI=1S/C16H30N2O2/c1-12-9-13(2)14(3)18(10-12)15(19)16(11-20-4)5-7-17-8-6-16/h12-14,17H,5-11H2,1-4H3. The van der Waals surface area contributed by atoms with Crippen LogP contribution in [0.15, 0.2) is 0 Å². The van der Waals surface area contributed by atoms with Crippen molar-refractivity contribution in [3.63, 3.8) is 0 Å². The maximum Gasteiger partial charge on any atom is 0.231 e. The molecular weight excluding hydrogens is 252 g/mol. The van der Waals surface area contributed by atoms with Gasteiger partial charge in [-0.2, -0.15) is 0 Å². The molecule has 2 saturated heterocycles. The largest absolute Gasteiger partial charge is 0.384 e. The molecule has 2 aliphatic heterocycles. The lowest BCUT2D eigenvalue weighted by Gasteiger charge is -2.47. The monoisotopic (exact) mass is 282 g/mol. The van der Waals surface area contributed by atoms with Gasteiger partial charge in [0.15, 0.2) is 0 Å². The van der Waals surface area contributed by atoms with E-state index in [1.165, 1.54) is 6.42 Å². The summed E-state index contributed by atoms with van der Waals surface area (Å²) in [5.74, 6) is 1.52. The minimum absolute atomic E-state index is 0.301. The Kier molecular flexibility index (Phi) is 5.08. The van der Waals surface area contributed by atoms with Crippen LogP contribution in [0.2, 0.25) is 0 Å². The zero-order valence-electron chi connectivity index (χ0n) is 13.4. The second-order valence-electron chi connectivity index (χ2n) is 6.98. The quantitative estimate of drug-likeness (QED) is 0.859. The fourth-order valence-corrected chi connectivity index (χ4v) is 3.89. The molecule has 2 aliphatic rings. The van der Waals surface area contributed by atoms with Crippen LogP contribution in [0.4, 0.5) is 0 Å². The van der Waals surface area contributed by atoms with Crippen molar-refractivity contribution >= 4 is 5.91 Å². The van der Waals surface area contributed by atoms with Gasteiger partial charge in [0.1, 0.15) is 0 Å². The van der Waals surface area contributed by atoms with Crippen molar-refractivity contribution in [2.45, 2.75) is 46.1 Å². The fraction of sp³-hybridized carbons (Fsp3) is 0.938. The van der Waals surface area contributed by atoms with Gasteiger partial charge in [-0.1, -0.05) is 13.8 Å². The minimum atomic E-state index is -0.301. The summed E-state index contributed by atoms with van der Waals surface area (Å²) in [5.41, 5.74) is -0.301. The Morgan fingerprint density at radius 2 is 1.95 bits per heavy atom. The van der Waals surface area contributed by atoms with Crippen molar-refractivity contribution in [1.29, 1.82) is 0 Å². The summed E-state index contributed by atoms with van der Waals surface area (Å²) in [6.07, 6.45) is 3.01. The third-order valence-electron chi connectivity index (χ3n) is 5.29. The third-order valence-corrected chi connectivity index (χ3v) is 5.29. The van der Waals surface area contributed by atoms with E-state index < -0.39 is 0 Å². The Morgan fingerprint density at radius 1 is 1.30 bits per heavy atom. The van der Waals surface area contributed by atoms with E-state index in [1.807, 2.05) is 0 Å². The molecule has 4 heteroatoms. The summed E-state index contributed by atoms with van der Waals surface area (Å²) < 4.78 is 5.41. The lowest BCUT2D eigenvalue weighted by molar-refractivity contribution is -0.153. The second kappa shape index (κ2) is 6.44. The van der Waals surface area contributed by atoms with Crippen molar-refractivity contribution in [3.05, 3.63) is 0 Å².